The van der Waals surface area contributed by atoms with Crippen LogP contribution < -0.4 is 4.31 Å². The summed E-state index contributed by atoms with van der Waals surface area (Å²) in [4.78, 5) is 4.54. The molecule has 6 heteroatoms. The molecule has 0 saturated carbocycles. The van der Waals surface area contributed by atoms with E-state index in [9.17, 15) is 8.42 Å². The number of benzene rings is 2. The standard InChI is InChI=1S/C19H18N2O3S/c1-13-11-16-5-3-4-6-19(16)21(13)25(22,23)17-9-7-15(8-10-17)18-12-24-14(2)20-18/h3-10,12-13H,11H2,1-2H3/t13-/m1/s1. The van der Waals surface area contributed by atoms with Crippen molar-refractivity contribution in [3.05, 3.63) is 66.2 Å². The van der Waals surface area contributed by atoms with Gasteiger partial charge in [-0.05, 0) is 37.1 Å². The summed E-state index contributed by atoms with van der Waals surface area (Å²) in [7, 11) is -3.61. The molecule has 1 atom stereocenters. The van der Waals surface area contributed by atoms with E-state index >= 15 is 0 Å². The fourth-order valence-electron chi connectivity index (χ4n) is 3.31. The average Bonchev–Trinajstić information content (AvgIpc) is 3.17. The van der Waals surface area contributed by atoms with E-state index in [1.165, 1.54) is 4.31 Å². The molecule has 0 bridgehead atoms. The van der Waals surface area contributed by atoms with Gasteiger partial charge in [-0.2, -0.15) is 0 Å². The molecule has 2 aromatic carbocycles. The molecule has 1 aliphatic heterocycles. The summed E-state index contributed by atoms with van der Waals surface area (Å²) in [6.45, 7) is 3.71. The first-order chi connectivity index (χ1) is 12.0. The maximum Gasteiger partial charge on any atom is 0.264 e. The molecular formula is C19H18N2O3S. The molecule has 25 heavy (non-hydrogen) atoms. The zero-order valence-electron chi connectivity index (χ0n) is 14.0. The van der Waals surface area contributed by atoms with Crippen LogP contribution in [0, 0.1) is 6.92 Å². The Labute approximate surface area is 147 Å². The van der Waals surface area contributed by atoms with Gasteiger partial charge in [0.2, 0.25) is 0 Å². The number of aryl methyl sites for hydroxylation is 1. The zero-order chi connectivity index (χ0) is 17.6. The third-order valence-electron chi connectivity index (χ3n) is 4.47. The Bertz CT molecular complexity index is 1020. The van der Waals surface area contributed by atoms with Gasteiger partial charge in [0.05, 0.1) is 10.6 Å². The van der Waals surface area contributed by atoms with Crippen LogP contribution in [0.3, 0.4) is 0 Å². The molecule has 0 amide bonds. The predicted molar refractivity (Wildman–Crippen MR) is 95.9 cm³/mol. The fraction of sp³-hybridized carbons (Fsp3) is 0.211. The van der Waals surface area contributed by atoms with E-state index in [-0.39, 0.29) is 10.9 Å². The SMILES string of the molecule is Cc1nc(-c2ccc(S(=O)(=O)N3c4ccccc4C[C@H]3C)cc2)co1. The van der Waals surface area contributed by atoms with Gasteiger partial charge in [0.1, 0.15) is 12.0 Å². The number of aromatic nitrogens is 1. The highest BCUT2D eigenvalue weighted by atomic mass is 32.2. The van der Waals surface area contributed by atoms with Crippen molar-refractivity contribution in [1.29, 1.82) is 0 Å². The Morgan fingerprint density at radius 2 is 1.84 bits per heavy atom. The van der Waals surface area contributed by atoms with E-state index in [2.05, 4.69) is 4.98 Å². The third-order valence-corrected chi connectivity index (χ3v) is 6.41. The molecule has 1 aliphatic rings. The number of nitrogens with zero attached hydrogens (tertiary/aromatic N) is 2. The molecule has 0 spiro atoms. The van der Waals surface area contributed by atoms with Crippen LogP contribution >= 0.6 is 0 Å². The molecule has 4 rings (SSSR count). The molecule has 0 N–H and O–H groups in total. The highest BCUT2D eigenvalue weighted by Crippen LogP contribution is 2.36. The second-order valence-electron chi connectivity index (χ2n) is 6.26. The minimum Gasteiger partial charge on any atom is -0.449 e. The Balaban J connectivity index is 1.71. The van der Waals surface area contributed by atoms with Gasteiger partial charge in [-0.1, -0.05) is 30.3 Å². The molecule has 0 unspecified atom stereocenters. The van der Waals surface area contributed by atoms with Crippen molar-refractivity contribution < 1.29 is 12.8 Å². The average molecular weight is 354 g/mol. The van der Waals surface area contributed by atoms with Crippen LogP contribution in [-0.2, 0) is 16.4 Å². The predicted octanol–water partition coefficient (Wildman–Crippen LogP) is 3.79. The van der Waals surface area contributed by atoms with Gasteiger partial charge in [0.15, 0.2) is 5.89 Å². The molecule has 3 aromatic rings. The summed E-state index contributed by atoms with van der Waals surface area (Å²) in [5, 5.41) is 0. The van der Waals surface area contributed by atoms with E-state index in [1.54, 1.807) is 37.5 Å². The summed E-state index contributed by atoms with van der Waals surface area (Å²) < 4.78 is 33.0. The lowest BCUT2D eigenvalue weighted by molar-refractivity contribution is 0.521. The fourth-order valence-corrected chi connectivity index (χ4v) is 5.00. The number of fused-ring (bicyclic) bond motifs is 1. The summed E-state index contributed by atoms with van der Waals surface area (Å²) in [5.74, 6) is 0.578. The molecular weight excluding hydrogens is 336 g/mol. The summed E-state index contributed by atoms with van der Waals surface area (Å²) in [6.07, 6.45) is 2.29. The van der Waals surface area contributed by atoms with Crippen LogP contribution in [0.25, 0.3) is 11.3 Å². The number of rotatable bonds is 3. The quantitative estimate of drug-likeness (QED) is 0.718. The second-order valence-corrected chi connectivity index (χ2v) is 8.07. The number of hydrogen-bond acceptors (Lipinski definition) is 4. The normalized spacial score (nSPS) is 16.9. The van der Waals surface area contributed by atoms with E-state index in [4.69, 9.17) is 4.42 Å². The molecule has 128 valence electrons. The first kappa shape index (κ1) is 15.9. The Hall–Kier alpha value is -2.60. The minimum atomic E-state index is -3.61. The van der Waals surface area contributed by atoms with Crippen molar-refractivity contribution in [1.82, 2.24) is 4.98 Å². The lowest BCUT2D eigenvalue weighted by Gasteiger charge is -2.24. The summed E-state index contributed by atoms with van der Waals surface area (Å²) in [5.41, 5.74) is 3.35. The number of oxazole rings is 1. The van der Waals surface area contributed by atoms with Gasteiger partial charge in [0, 0.05) is 18.5 Å². The van der Waals surface area contributed by atoms with Crippen molar-refractivity contribution >= 4 is 15.7 Å². The van der Waals surface area contributed by atoms with Gasteiger partial charge in [-0.15, -0.1) is 0 Å². The van der Waals surface area contributed by atoms with E-state index in [0.29, 0.717) is 11.6 Å². The number of hydrogen-bond donors (Lipinski definition) is 0. The Morgan fingerprint density at radius 1 is 1.12 bits per heavy atom. The van der Waals surface area contributed by atoms with Crippen LogP contribution in [0.1, 0.15) is 18.4 Å². The zero-order valence-corrected chi connectivity index (χ0v) is 14.8. The van der Waals surface area contributed by atoms with E-state index < -0.39 is 10.0 Å². The molecule has 0 aliphatic carbocycles. The smallest absolute Gasteiger partial charge is 0.264 e. The van der Waals surface area contributed by atoms with E-state index in [1.807, 2.05) is 31.2 Å². The molecule has 0 fully saturated rings. The van der Waals surface area contributed by atoms with Crippen molar-refractivity contribution in [2.24, 2.45) is 0 Å². The topological polar surface area (TPSA) is 63.4 Å². The monoisotopic (exact) mass is 354 g/mol. The molecule has 1 aromatic heterocycles. The van der Waals surface area contributed by atoms with Gasteiger partial charge in [0.25, 0.3) is 10.0 Å². The van der Waals surface area contributed by atoms with Crippen LogP contribution in [-0.4, -0.2) is 19.4 Å². The largest absolute Gasteiger partial charge is 0.449 e. The van der Waals surface area contributed by atoms with Crippen LogP contribution in [0.2, 0.25) is 0 Å². The molecule has 5 nitrogen and oxygen atoms in total. The van der Waals surface area contributed by atoms with Crippen molar-refractivity contribution in [3.63, 3.8) is 0 Å². The Kier molecular flexibility index (Phi) is 3.65. The van der Waals surface area contributed by atoms with Crippen LogP contribution in [0.5, 0.6) is 0 Å². The second kappa shape index (κ2) is 5.74. The minimum absolute atomic E-state index is 0.0970. The maximum absolute atomic E-state index is 13.2. The van der Waals surface area contributed by atoms with Gasteiger partial charge in [-0.25, -0.2) is 13.4 Å². The number of sulfonamides is 1. The molecule has 0 saturated heterocycles. The highest BCUT2D eigenvalue weighted by Gasteiger charge is 2.35. The van der Waals surface area contributed by atoms with E-state index in [0.717, 1.165) is 23.2 Å². The lowest BCUT2D eigenvalue weighted by Crippen LogP contribution is -2.35. The van der Waals surface area contributed by atoms with Crippen LogP contribution in [0.4, 0.5) is 5.69 Å². The summed E-state index contributed by atoms with van der Waals surface area (Å²) >= 11 is 0. The summed E-state index contributed by atoms with van der Waals surface area (Å²) in [6, 6.07) is 14.3. The third kappa shape index (κ3) is 2.62. The highest BCUT2D eigenvalue weighted by molar-refractivity contribution is 7.92. The first-order valence-electron chi connectivity index (χ1n) is 8.12. The van der Waals surface area contributed by atoms with Crippen molar-refractivity contribution in [2.75, 3.05) is 4.31 Å². The lowest BCUT2D eigenvalue weighted by atomic mass is 10.1. The van der Waals surface area contributed by atoms with Gasteiger partial charge in [-0.3, -0.25) is 4.31 Å². The van der Waals surface area contributed by atoms with Gasteiger partial charge < -0.3 is 4.42 Å². The molecule has 0 radical (unpaired) electrons. The van der Waals surface area contributed by atoms with Crippen LogP contribution in [0.15, 0.2) is 64.1 Å². The first-order valence-corrected chi connectivity index (χ1v) is 9.56. The van der Waals surface area contributed by atoms with Crippen molar-refractivity contribution in [3.8, 4) is 11.3 Å². The van der Waals surface area contributed by atoms with Crippen molar-refractivity contribution in [2.45, 2.75) is 31.2 Å². The van der Waals surface area contributed by atoms with Gasteiger partial charge >= 0.3 is 0 Å². The number of para-hydroxylation sites is 1. The Morgan fingerprint density at radius 3 is 2.52 bits per heavy atom. The molecule has 2 heterocycles. The maximum atomic E-state index is 13.2. The number of anilines is 1.